The molecular weight excluding hydrogens is 289 g/mol. The maximum absolute atomic E-state index is 9.05. The predicted molar refractivity (Wildman–Crippen MR) is 69.9 cm³/mol. The standard InChI is InChI=1S/C12H15BrClNO/c1-7(6-16)15-12-3-2-9-10(12)4-8(14)5-11(9)13/h4-5,7,12,15-16H,2-3,6H2,1H3. The van der Waals surface area contributed by atoms with E-state index in [4.69, 9.17) is 16.7 Å². The summed E-state index contributed by atoms with van der Waals surface area (Å²) in [6.07, 6.45) is 2.13. The van der Waals surface area contributed by atoms with Crippen LogP contribution < -0.4 is 5.32 Å². The molecule has 0 saturated carbocycles. The van der Waals surface area contributed by atoms with Gasteiger partial charge in [-0.3, -0.25) is 0 Å². The maximum atomic E-state index is 9.05. The SMILES string of the molecule is CC(CO)NC1CCc2c(Br)cc(Cl)cc21. The lowest BCUT2D eigenvalue weighted by molar-refractivity contribution is 0.240. The van der Waals surface area contributed by atoms with Crippen LogP contribution in [0, 0.1) is 0 Å². The van der Waals surface area contributed by atoms with Crippen molar-refractivity contribution >= 4 is 27.5 Å². The summed E-state index contributed by atoms with van der Waals surface area (Å²) in [5.41, 5.74) is 2.60. The van der Waals surface area contributed by atoms with Crippen molar-refractivity contribution in [2.45, 2.75) is 31.8 Å². The lowest BCUT2D eigenvalue weighted by Crippen LogP contribution is -2.32. The molecule has 0 radical (unpaired) electrons. The quantitative estimate of drug-likeness (QED) is 0.899. The van der Waals surface area contributed by atoms with Gasteiger partial charge in [-0.1, -0.05) is 27.5 Å². The number of aliphatic hydroxyl groups is 1. The van der Waals surface area contributed by atoms with Crippen LogP contribution in [0.1, 0.15) is 30.5 Å². The molecule has 2 unspecified atom stereocenters. The first-order valence-electron chi connectivity index (χ1n) is 5.46. The largest absolute Gasteiger partial charge is 0.395 e. The molecule has 88 valence electrons. The summed E-state index contributed by atoms with van der Waals surface area (Å²) in [5.74, 6) is 0. The minimum atomic E-state index is 0.119. The first-order chi connectivity index (χ1) is 7.61. The lowest BCUT2D eigenvalue weighted by atomic mass is 10.1. The summed E-state index contributed by atoms with van der Waals surface area (Å²) in [7, 11) is 0. The van der Waals surface area contributed by atoms with Gasteiger partial charge in [0.2, 0.25) is 0 Å². The highest BCUT2D eigenvalue weighted by Crippen LogP contribution is 2.38. The van der Waals surface area contributed by atoms with Gasteiger partial charge in [-0.05, 0) is 43.0 Å². The Morgan fingerprint density at radius 2 is 2.38 bits per heavy atom. The van der Waals surface area contributed by atoms with Crippen molar-refractivity contribution in [3.8, 4) is 0 Å². The number of aliphatic hydroxyl groups excluding tert-OH is 1. The Hall–Kier alpha value is -0.0900. The molecule has 0 fully saturated rings. The monoisotopic (exact) mass is 303 g/mol. The molecule has 1 aliphatic carbocycles. The molecule has 2 atom stereocenters. The molecule has 1 aliphatic rings. The van der Waals surface area contributed by atoms with Crippen molar-refractivity contribution < 1.29 is 5.11 Å². The molecule has 2 rings (SSSR count). The van der Waals surface area contributed by atoms with Gasteiger partial charge < -0.3 is 10.4 Å². The predicted octanol–water partition coefficient (Wildman–Crippen LogP) is 3.06. The first kappa shape index (κ1) is 12.4. The topological polar surface area (TPSA) is 32.3 Å². The zero-order valence-electron chi connectivity index (χ0n) is 9.13. The number of halogens is 2. The minimum Gasteiger partial charge on any atom is -0.395 e. The molecule has 2 N–H and O–H groups in total. The van der Waals surface area contributed by atoms with Crippen molar-refractivity contribution in [1.29, 1.82) is 0 Å². The highest BCUT2D eigenvalue weighted by atomic mass is 79.9. The van der Waals surface area contributed by atoms with Crippen molar-refractivity contribution in [2.24, 2.45) is 0 Å². The first-order valence-corrected chi connectivity index (χ1v) is 6.63. The third-order valence-corrected chi connectivity index (χ3v) is 3.94. The smallest absolute Gasteiger partial charge is 0.0582 e. The fraction of sp³-hybridized carbons (Fsp3) is 0.500. The average molecular weight is 305 g/mol. The second-order valence-electron chi connectivity index (χ2n) is 4.30. The van der Waals surface area contributed by atoms with Crippen LogP contribution in [0.2, 0.25) is 5.02 Å². The van der Waals surface area contributed by atoms with Crippen molar-refractivity contribution in [1.82, 2.24) is 5.32 Å². The highest BCUT2D eigenvalue weighted by Gasteiger charge is 2.25. The minimum absolute atomic E-state index is 0.119. The van der Waals surface area contributed by atoms with Gasteiger partial charge in [0.15, 0.2) is 0 Å². The summed E-state index contributed by atoms with van der Waals surface area (Å²) in [6.45, 7) is 2.14. The molecule has 4 heteroatoms. The summed E-state index contributed by atoms with van der Waals surface area (Å²) in [6, 6.07) is 4.40. The van der Waals surface area contributed by atoms with E-state index in [0.717, 1.165) is 22.3 Å². The van der Waals surface area contributed by atoms with E-state index in [9.17, 15) is 0 Å². The molecule has 0 heterocycles. The molecule has 0 saturated heterocycles. The molecule has 0 amide bonds. The Balaban J connectivity index is 2.25. The van der Waals surface area contributed by atoms with Crippen molar-refractivity contribution in [3.63, 3.8) is 0 Å². The van der Waals surface area contributed by atoms with Crippen LogP contribution in [0.5, 0.6) is 0 Å². The number of benzene rings is 1. The average Bonchev–Trinajstić information content (AvgIpc) is 2.61. The highest BCUT2D eigenvalue weighted by molar-refractivity contribution is 9.10. The van der Waals surface area contributed by atoms with E-state index in [1.54, 1.807) is 0 Å². The summed E-state index contributed by atoms with van der Waals surface area (Å²) < 4.78 is 1.09. The van der Waals surface area contributed by atoms with Crippen molar-refractivity contribution in [3.05, 3.63) is 32.8 Å². The number of rotatable bonds is 3. The van der Waals surface area contributed by atoms with Gasteiger partial charge in [0.05, 0.1) is 6.61 Å². The van der Waals surface area contributed by atoms with Gasteiger partial charge in [0, 0.05) is 21.6 Å². The fourth-order valence-corrected chi connectivity index (χ4v) is 3.24. The van der Waals surface area contributed by atoms with E-state index in [1.807, 2.05) is 19.1 Å². The van der Waals surface area contributed by atoms with E-state index in [0.29, 0.717) is 6.04 Å². The van der Waals surface area contributed by atoms with E-state index in [1.165, 1.54) is 11.1 Å². The number of hydrogen-bond acceptors (Lipinski definition) is 2. The van der Waals surface area contributed by atoms with Crippen LogP contribution in [-0.2, 0) is 6.42 Å². The van der Waals surface area contributed by atoms with E-state index < -0.39 is 0 Å². The van der Waals surface area contributed by atoms with Crippen LogP contribution in [-0.4, -0.2) is 17.8 Å². The Labute approximate surface area is 109 Å². The number of hydrogen-bond donors (Lipinski definition) is 2. The van der Waals surface area contributed by atoms with Gasteiger partial charge in [-0.25, -0.2) is 0 Å². The maximum Gasteiger partial charge on any atom is 0.0582 e. The van der Waals surface area contributed by atoms with Crippen LogP contribution >= 0.6 is 27.5 Å². The van der Waals surface area contributed by atoms with Gasteiger partial charge in [-0.2, -0.15) is 0 Å². The molecule has 1 aromatic carbocycles. The molecule has 1 aromatic rings. The molecular formula is C12H15BrClNO. The van der Waals surface area contributed by atoms with E-state index >= 15 is 0 Å². The zero-order chi connectivity index (χ0) is 11.7. The van der Waals surface area contributed by atoms with Gasteiger partial charge in [0.25, 0.3) is 0 Å². The Bertz CT molecular complexity index is 397. The summed E-state index contributed by atoms with van der Waals surface area (Å²) in [5, 5.41) is 13.2. The Kier molecular flexibility index (Phi) is 3.90. The molecule has 2 nitrogen and oxygen atoms in total. The van der Waals surface area contributed by atoms with Gasteiger partial charge in [0.1, 0.15) is 0 Å². The summed E-state index contributed by atoms with van der Waals surface area (Å²) in [4.78, 5) is 0. The zero-order valence-corrected chi connectivity index (χ0v) is 11.5. The molecule has 0 spiro atoms. The van der Waals surface area contributed by atoms with Crippen LogP contribution in [0.4, 0.5) is 0 Å². The number of nitrogens with one attached hydrogen (secondary N) is 1. The third kappa shape index (κ3) is 2.43. The second-order valence-corrected chi connectivity index (χ2v) is 5.59. The molecule has 16 heavy (non-hydrogen) atoms. The fourth-order valence-electron chi connectivity index (χ4n) is 2.21. The lowest BCUT2D eigenvalue weighted by Gasteiger charge is -2.19. The second kappa shape index (κ2) is 5.05. The normalized spacial score (nSPS) is 20.9. The third-order valence-electron chi connectivity index (χ3n) is 3.01. The molecule has 0 aromatic heterocycles. The van der Waals surface area contributed by atoms with E-state index in [2.05, 4.69) is 21.2 Å². The van der Waals surface area contributed by atoms with Crippen LogP contribution in [0.25, 0.3) is 0 Å². The number of fused-ring (bicyclic) bond motifs is 1. The Morgan fingerprint density at radius 1 is 1.62 bits per heavy atom. The van der Waals surface area contributed by atoms with Crippen LogP contribution in [0.3, 0.4) is 0 Å². The molecule has 0 bridgehead atoms. The van der Waals surface area contributed by atoms with E-state index in [-0.39, 0.29) is 12.6 Å². The van der Waals surface area contributed by atoms with Gasteiger partial charge in [-0.15, -0.1) is 0 Å². The van der Waals surface area contributed by atoms with Gasteiger partial charge >= 0.3 is 0 Å². The van der Waals surface area contributed by atoms with Crippen LogP contribution in [0.15, 0.2) is 16.6 Å². The Morgan fingerprint density at radius 3 is 3.06 bits per heavy atom. The van der Waals surface area contributed by atoms with Crippen molar-refractivity contribution in [2.75, 3.05) is 6.61 Å². The summed E-state index contributed by atoms with van der Waals surface area (Å²) >= 11 is 9.60. The molecule has 0 aliphatic heterocycles.